The molecule has 166 valence electrons. The van der Waals surface area contributed by atoms with Gasteiger partial charge in [0.05, 0.1) is 0 Å². The highest BCUT2D eigenvalue weighted by Gasteiger charge is 2.20. The Morgan fingerprint density at radius 1 is 1.24 bits per heavy atom. The molecule has 0 spiro atoms. The van der Waals surface area contributed by atoms with Crippen molar-refractivity contribution >= 4 is 31.4 Å². The molecule has 8 heteroatoms. The minimum atomic E-state index is -1.07. The van der Waals surface area contributed by atoms with Gasteiger partial charge in [-0.25, -0.2) is 9.97 Å². The maximum absolute atomic E-state index is 12.7. The van der Waals surface area contributed by atoms with Crippen molar-refractivity contribution in [2.24, 2.45) is 5.92 Å². The van der Waals surface area contributed by atoms with E-state index in [9.17, 15) is 4.79 Å². The van der Waals surface area contributed by atoms with Gasteiger partial charge in [0.2, 0.25) is 11.2 Å². The molecule has 0 aromatic carbocycles. The van der Waals surface area contributed by atoms with E-state index < -0.39 is 8.07 Å². The number of carbonyl (C=O) groups excluding carboxylic acids is 1. The molecule has 0 saturated heterocycles. The highest BCUT2D eigenvalue weighted by atomic mass is 35.5. The molecule has 1 amide bonds. The van der Waals surface area contributed by atoms with Crippen molar-refractivity contribution in [2.75, 3.05) is 25.1 Å². The second-order valence-electron chi connectivity index (χ2n) is 9.10. The van der Waals surface area contributed by atoms with Gasteiger partial charge in [0.25, 0.3) is 0 Å². The van der Waals surface area contributed by atoms with Crippen LogP contribution in [0.25, 0.3) is 0 Å². The summed E-state index contributed by atoms with van der Waals surface area (Å²) in [5, 5.41) is 6.49. The van der Waals surface area contributed by atoms with Gasteiger partial charge >= 0.3 is 0 Å². The van der Waals surface area contributed by atoms with Gasteiger partial charge in [-0.3, -0.25) is 4.79 Å². The van der Waals surface area contributed by atoms with E-state index in [0.29, 0.717) is 37.9 Å². The van der Waals surface area contributed by atoms with Gasteiger partial charge in [-0.05, 0) is 43.7 Å². The Morgan fingerprint density at radius 2 is 1.97 bits per heavy atom. The molecule has 1 aromatic heterocycles. The van der Waals surface area contributed by atoms with Gasteiger partial charge in [0.1, 0.15) is 11.9 Å². The highest BCUT2D eigenvalue weighted by molar-refractivity contribution is 6.76. The molecule has 1 aromatic rings. The van der Waals surface area contributed by atoms with Crippen LogP contribution in [0.4, 0.5) is 5.82 Å². The Morgan fingerprint density at radius 3 is 2.59 bits per heavy atom. The Balaban J connectivity index is 2.73. The first-order valence-electron chi connectivity index (χ1n) is 10.8. The van der Waals surface area contributed by atoms with Crippen molar-refractivity contribution in [1.29, 1.82) is 0 Å². The molecule has 0 aliphatic carbocycles. The fourth-order valence-electron chi connectivity index (χ4n) is 3.00. The van der Waals surface area contributed by atoms with Crippen LogP contribution in [0.5, 0.6) is 0 Å². The number of nitrogens with one attached hydrogen (secondary N) is 2. The third-order valence-electron chi connectivity index (χ3n) is 4.43. The maximum Gasteiger partial charge on any atom is 0.242 e. The van der Waals surface area contributed by atoms with Gasteiger partial charge in [-0.15, -0.1) is 0 Å². The first kappa shape index (κ1) is 25.9. The van der Waals surface area contributed by atoms with E-state index in [1.54, 1.807) is 0 Å². The molecule has 0 aliphatic heterocycles. The third kappa shape index (κ3) is 12.2. The van der Waals surface area contributed by atoms with Crippen LogP contribution >= 0.6 is 11.6 Å². The molecule has 0 radical (unpaired) electrons. The van der Waals surface area contributed by atoms with Gasteiger partial charge in [0.15, 0.2) is 0 Å². The number of carbonyl (C=O) groups is 1. The van der Waals surface area contributed by atoms with Crippen molar-refractivity contribution < 1.29 is 9.53 Å². The summed E-state index contributed by atoms with van der Waals surface area (Å²) >= 11 is 6.15. The molecule has 29 heavy (non-hydrogen) atoms. The third-order valence-corrected chi connectivity index (χ3v) is 6.45. The molecular weight excluding hydrogens is 404 g/mol. The number of hydrogen-bond acceptors (Lipinski definition) is 5. The van der Waals surface area contributed by atoms with Crippen LogP contribution < -0.4 is 10.6 Å². The number of rotatable bonds is 14. The standard InChI is InChI=1S/C21H39ClN4O2Si/c1-7-28-12-9-11-23-20(27)18(14-16(2)3)25-19-15-17(24-21(22)26-19)10-8-13-29(4,5)6/h15-16,18H,7-14H2,1-6H3,(H,23,27)(H,24,25,26)/t18-/m0/s1. The largest absolute Gasteiger partial charge is 0.382 e. The molecule has 6 nitrogen and oxygen atoms in total. The fraction of sp³-hybridized carbons (Fsp3) is 0.762. The van der Waals surface area contributed by atoms with Gasteiger partial charge in [-0.2, -0.15) is 0 Å². The molecule has 0 bridgehead atoms. The average Bonchev–Trinajstić information content (AvgIpc) is 2.59. The summed E-state index contributed by atoms with van der Waals surface area (Å²) < 4.78 is 5.32. The zero-order valence-electron chi connectivity index (χ0n) is 19.0. The van der Waals surface area contributed by atoms with E-state index >= 15 is 0 Å². The maximum atomic E-state index is 12.7. The van der Waals surface area contributed by atoms with E-state index in [1.807, 2.05) is 13.0 Å². The molecule has 0 saturated carbocycles. The lowest BCUT2D eigenvalue weighted by Gasteiger charge is -2.21. The lowest BCUT2D eigenvalue weighted by Crippen LogP contribution is -2.41. The first-order chi connectivity index (χ1) is 13.6. The number of anilines is 1. The molecule has 1 atom stereocenters. The number of halogens is 1. The van der Waals surface area contributed by atoms with Crippen LogP contribution in [0.3, 0.4) is 0 Å². The SMILES string of the molecule is CCOCCCNC(=O)[C@H](CC(C)C)Nc1cc(CCC[Si](C)(C)C)nc(Cl)n1. The second kappa shape index (κ2) is 13.2. The Bertz CT molecular complexity index is 623. The van der Waals surface area contributed by atoms with Crippen molar-refractivity contribution in [1.82, 2.24) is 15.3 Å². The quantitative estimate of drug-likeness (QED) is 0.246. The lowest BCUT2D eigenvalue weighted by molar-refractivity contribution is -0.122. The van der Waals surface area contributed by atoms with Crippen LogP contribution in [0.1, 0.15) is 45.7 Å². The smallest absolute Gasteiger partial charge is 0.242 e. The molecule has 0 aliphatic rings. The predicted molar refractivity (Wildman–Crippen MR) is 125 cm³/mol. The summed E-state index contributed by atoms with van der Waals surface area (Å²) in [5.74, 6) is 0.962. The topological polar surface area (TPSA) is 76.1 Å². The highest BCUT2D eigenvalue weighted by Crippen LogP contribution is 2.18. The zero-order valence-corrected chi connectivity index (χ0v) is 20.7. The Hall–Kier alpha value is -1.18. The summed E-state index contributed by atoms with van der Waals surface area (Å²) in [6.07, 6.45) is 3.48. The van der Waals surface area contributed by atoms with Crippen molar-refractivity contribution in [3.05, 3.63) is 17.0 Å². The number of ether oxygens (including phenoxy) is 1. The molecule has 1 heterocycles. The Labute approximate surface area is 182 Å². The average molecular weight is 443 g/mol. The Kier molecular flexibility index (Phi) is 11.8. The van der Waals surface area contributed by atoms with Gasteiger partial charge in [0, 0.05) is 39.6 Å². The van der Waals surface area contributed by atoms with E-state index in [-0.39, 0.29) is 17.2 Å². The van der Waals surface area contributed by atoms with Gasteiger partial charge in [-0.1, -0.05) is 46.0 Å². The summed E-state index contributed by atoms with van der Waals surface area (Å²) in [5.41, 5.74) is 0.922. The minimum Gasteiger partial charge on any atom is -0.382 e. The van der Waals surface area contributed by atoms with Crippen molar-refractivity contribution in [3.63, 3.8) is 0 Å². The number of aryl methyl sites for hydroxylation is 1. The van der Waals surface area contributed by atoms with Crippen molar-refractivity contribution in [3.8, 4) is 0 Å². The fourth-order valence-corrected chi connectivity index (χ4v) is 4.44. The number of aromatic nitrogens is 2. The molecule has 0 unspecified atom stereocenters. The van der Waals surface area contributed by atoms with E-state index in [2.05, 4.69) is 54.1 Å². The summed E-state index contributed by atoms with van der Waals surface area (Å²) in [4.78, 5) is 21.3. The van der Waals surface area contributed by atoms with E-state index in [0.717, 1.165) is 25.0 Å². The van der Waals surface area contributed by atoms with E-state index in [1.165, 1.54) is 6.04 Å². The van der Waals surface area contributed by atoms with Crippen LogP contribution in [0.15, 0.2) is 6.07 Å². The van der Waals surface area contributed by atoms with E-state index in [4.69, 9.17) is 16.3 Å². The van der Waals surface area contributed by atoms with Crippen LogP contribution in [0, 0.1) is 5.92 Å². The molecule has 1 rings (SSSR count). The summed E-state index contributed by atoms with van der Waals surface area (Å²) in [7, 11) is -1.07. The normalized spacial score (nSPS) is 12.8. The molecule has 0 fully saturated rings. The monoisotopic (exact) mass is 442 g/mol. The van der Waals surface area contributed by atoms with Gasteiger partial charge < -0.3 is 15.4 Å². The predicted octanol–water partition coefficient (Wildman–Crippen LogP) is 4.77. The number of amides is 1. The van der Waals surface area contributed by atoms with Crippen LogP contribution in [-0.2, 0) is 16.0 Å². The summed E-state index contributed by atoms with van der Waals surface area (Å²) in [6, 6.07) is 2.81. The molecular formula is C21H39ClN4O2Si. The lowest BCUT2D eigenvalue weighted by atomic mass is 10.0. The van der Waals surface area contributed by atoms with Crippen LogP contribution in [0.2, 0.25) is 31.0 Å². The number of hydrogen-bond donors (Lipinski definition) is 2. The van der Waals surface area contributed by atoms with Crippen molar-refractivity contribution in [2.45, 2.75) is 78.2 Å². The molecule has 2 N–H and O–H groups in total. The zero-order chi connectivity index (χ0) is 21.9. The first-order valence-corrected chi connectivity index (χ1v) is 14.8. The number of nitrogens with zero attached hydrogens (tertiary/aromatic N) is 2. The second-order valence-corrected chi connectivity index (χ2v) is 15.1. The van der Waals surface area contributed by atoms with Crippen LogP contribution in [-0.4, -0.2) is 49.7 Å². The summed E-state index contributed by atoms with van der Waals surface area (Å²) in [6.45, 7) is 15.2. The minimum absolute atomic E-state index is 0.0229.